The molecule has 1 heterocycles. The average molecular weight is 311 g/mol. The van der Waals surface area contributed by atoms with Crippen molar-refractivity contribution >= 4 is 17.6 Å². The highest BCUT2D eigenvalue weighted by Crippen LogP contribution is 2.41. The third-order valence-electron chi connectivity index (χ3n) is 4.12. The molecule has 2 N–H and O–H groups in total. The lowest BCUT2D eigenvalue weighted by Gasteiger charge is -2.40. The third-order valence-corrected chi connectivity index (χ3v) is 4.12. The van der Waals surface area contributed by atoms with Crippen LogP contribution in [-0.2, 0) is 19.1 Å². The molecule has 0 radical (unpaired) electrons. The van der Waals surface area contributed by atoms with Gasteiger partial charge in [-0.25, -0.2) is 8.78 Å². The maximum Gasteiger partial charge on any atom is 0.328 e. The Morgan fingerprint density at radius 3 is 2.23 bits per heavy atom. The number of nitrogen functional groups attached to an aromatic ring is 1. The fraction of sp³-hybridized carbons (Fsp3) is 0.467. The van der Waals surface area contributed by atoms with E-state index in [2.05, 4.69) is 0 Å². The number of hydrogen-bond donors (Lipinski definition) is 1. The first-order valence-electron chi connectivity index (χ1n) is 7.13. The van der Waals surface area contributed by atoms with Crippen molar-refractivity contribution in [2.24, 2.45) is 0 Å². The predicted molar refractivity (Wildman–Crippen MR) is 71.5 cm³/mol. The van der Waals surface area contributed by atoms with Gasteiger partial charge in [0.15, 0.2) is 17.6 Å². The zero-order valence-corrected chi connectivity index (χ0v) is 11.7. The van der Waals surface area contributed by atoms with Gasteiger partial charge < -0.3 is 15.2 Å². The predicted octanol–water partition coefficient (Wildman–Crippen LogP) is 2.39. The summed E-state index contributed by atoms with van der Waals surface area (Å²) in [5.41, 5.74) is 4.87. The molecule has 1 aliphatic heterocycles. The van der Waals surface area contributed by atoms with Crippen LogP contribution in [0.5, 0.6) is 0 Å². The molecule has 1 spiro atoms. The summed E-state index contributed by atoms with van der Waals surface area (Å²) in [5.74, 6) is -7.38. The Bertz CT molecular complexity index is 621. The van der Waals surface area contributed by atoms with Crippen molar-refractivity contribution in [3.05, 3.63) is 29.3 Å². The Hall–Kier alpha value is -2.18. The van der Waals surface area contributed by atoms with E-state index in [1.54, 1.807) is 0 Å². The van der Waals surface area contributed by atoms with Crippen LogP contribution >= 0.6 is 0 Å². The fourth-order valence-corrected chi connectivity index (χ4v) is 3.01. The van der Waals surface area contributed by atoms with Crippen LogP contribution < -0.4 is 5.73 Å². The van der Waals surface area contributed by atoms with E-state index in [0.29, 0.717) is 12.8 Å². The van der Waals surface area contributed by atoms with E-state index < -0.39 is 40.8 Å². The maximum atomic E-state index is 14.0. The highest BCUT2D eigenvalue weighted by Gasteiger charge is 2.51. The molecule has 7 heteroatoms. The Morgan fingerprint density at radius 1 is 1.05 bits per heavy atom. The molecule has 22 heavy (non-hydrogen) atoms. The first-order valence-corrected chi connectivity index (χ1v) is 7.13. The van der Waals surface area contributed by atoms with Crippen molar-refractivity contribution in [3.63, 3.8) is 0 Å². The van der Waals surface area contributed by atoms with Crippen LogP contribution in [0.4, 0.5) is 14.5 Å². The van der Waals surface area contributed by atoms with Crippen molar-refractivity contribution < 1.29 is 27.8 Å². The number of ether oxygens (including phenoxy) is 2. The summed E-state index contributed by atoms with van der Waals surface area (Å²) in [6.45, 7) is 0. The molecule has 1 saturated heterocycles. The van der Waals surface area contributed by atoms with Gasteiger partial charge in [-0.1, -0.05) is 6.42 Å². The van der Waals surface area contributed by atoms with Crippen LogP contribution in [0.3, 0.4) is 0 Å². The van der Waals surface area contributed by atoms with E-state index >= 15 is 0 Å². The molecule has 0 aromatic heterocycles. The van der Waals surface area contributed by atoms with Crippen molar-refractivity contribution in [2.45, 2.75) is 43.8 Å². The van der Waals surface area contributed by atoms with Gasteiger partial charge in [0.1, 0.15) is 0 Å². The summed E-state index contributed by atoms with van der Waals surface area (Å²) in [5, 5.41) is 0. The number of anilines is 1. The molecule has 5 nitrogen and oxygen atoms in total. The number of halogens is 2. The fourth-order valence-electron chi connectivity index (χ4n) is 3.01. The quantitative estimate of drug-likeness (QED) is 0.489. The second kappa shape index (κ2) is 5.23. The van der Waals surface area contributed by atoms with Gasteiger partial charge in [-0.15, -0.1) is 0 Å². The van der Waals surface area contributed by atoms with Crippen molar-refractivity contribution in [1.82, 2.24) is 0 Å². The summed E-state index contributed by atoms with van der Waals surface area (Å²) in [6.07, 6.45) is 3.33. The molecule has 1 aliphatic carbocycles. The molecular weight excluding hydrogens is 296 g/mol. The van der Waals surface area contributed by atoms with Crippen LogP contribution in [0.25, 0.3) is 0 Å². The number of carbonyl (C=O) groups is 2. The highest BCUT2D eigenvalue weighted by molar-refractivity contribution is 6.03. The minimum absolute atomic E-state index is 0.197. The maximum absolute atomic E-state index is 14.0. The Kier molecular flexibility index (Phi) is 3.50. The van der Waals surface area contributed by atoms with E-state index in [9.17, 15) is 18.4 Å². The molecule has 0 atom stereocenters. The molecule has 1 aromatic rings. The summed E-state index contributed by atoms with van der Waals surface area (Å²) in [6, 6.07) is 1.93. The van der Waals surface area contributed by atoms with Crippen molar-refractivity contribution in [1.29, 1.82) is 0 Å². The van der Waals surface area contributed by atoms with Crippen LogP contribution in [0.1, 0.15) is 43.6 Å². The van der Waals surface area contributed by atoms with Crippen LogP contribution in [-0.4, -0.2) is 17.7 Å². The molecule has 3 rings (SSSR count). The van der Waals surface area contributed by atoms with Gasteiger partial charge in [0.25, 0.3) is 5.79 Å². The molecule has 118 valence electrons. The van der Waals surface area contributed by atoms with Gasteiger partial charge in [0.2, 0.25) is 0 Å². The molecule has 0 bridgehead atoms. The number of carbonyl (C=O) groups excluding carboxylic acids is 2. The second-order valence-electron chi connectivity index (χ2n) is 5.61. The summed E-state index contributed by atoms with van der Waals surface area (Å²) < 4.78 is 37.9. The van der Waals surface area contributed by atoms with E-state index in [4.69, 9.17) is 15.2 Å². The van der Waals surface area contributed by atoms with Gasteiger partial charge >= 0.3 is 11.9 Å². The Morgan fingerprint density at radius 2 is 1.64 bits per heavy atom. The van der Waals surface area contributed by atoms with E-state index in [0.717, 1.165) is 31.4 Å². The van der Waals surface area contributed by atoms with Gasteiger partial charge in [-0.3, -0.25) is 9.59 Å². The van der Waals surface area contributed by atoms with Crippen molar-refractivity contribution in [3.8, 4) is 0 Å². The van der Waals surface area contributed by atoms with E-state index in [1.807, 2.05) is 0 Å². The number of hydrogen-bond acceptors (Lipinski definition) is 5. The standard InChI is InChI=1S/C15H15F2NO4/c16-8-4-5-9(18)10(12(8)17)11-13(19)21-15(22-14(11)20)6-2-1-3-7-15/h4-5,11H,1-3,6-7,18H2. The molecule has 1 aromatic carbocycles. The summed E-state index contributed by atoms with van der Waals surface area (Å²) in [4.78, 5) is 24.5. The highest BCUT2D eigenvalue weighted by atomic mass is 19.2. The van der Waals surface area contributed by atoms with Gasteiger partial charge in [-0.05, 0) is 25.0 Å². The lowest BCUT2D eigenvalue weighted by atomic mass is 9.90. The lowest BCUT2D eigenvalue weighted by molar-refractivity contribution is -0.256. The molecule has 2 aliphatic rings. The van der Waals surface area contributed by atoms with Gasteiger partial charge in [0.05, 0.1) is 0 Å². The minimum Gasteiger partial charge on any atom is -0.422 e. The van der Waals surface area contributed by atoms with E-state index in [1.165, 1.54) is 0 Å². The van der Waals surface area contributed by atoms with Crippen LogP contribution in [0, 0.1) is 11.6 Å². The number of nitrogens with two attached hydrogens (primary N) is 1. The van der Waals surface area contributed by atoms with Gasteiger partial charge in [0, 0.05) is 24.1 Å². The molecule has 2 fully saturated rings. The Balaban J connectivity index is 1.96. The van der Waals surface area contributed by atoms with Crippen LogP contribution in [0.15, 0.2) is 12.1 Å². The first kappa shape index (κ1) is 14.7. The van der Waals surface area contributed by atoms with Crippen molar-refractivity contribution in [2.75, 3.05) is 5.73 Å². The molecule has 0 amide bonds. The lowest BCUT2D eigenvalue weighted by Crippen LogP contribution is -2.50. The monoisotopic (exact) mass is 311 g/mol. The zero-order valence-electron chi connectivity index (χ0n) is 11.7. The number of benzene rings is 1. The molecule has 0 unspecified atom stereocenters. The topological polar surface area (TPSA) is 78.6 Å². The van der Waals surface area contributed by atoms with Gasteiger partial charge in [-0.2, -0.15) is 0 Å². The van der Waals surface area contributed by atoms with E-state index in [-0.39, 0.29) is 5.69 Å². The molecule has 1 saturated carbocycles. The average Bonchev–Trinajstić information content (AvgIpc) is 2.47. The minimum atomic E-state index is -1.69. The summed E-state index contributed by atoms with van der Waals surface area (Å²) in [7, 11) is 0. The normalized spacial score (nSPS) is 21.5. The number of rotatable bonds is 1. The largest absolute Gasteiger partial charge is 0.422 e. The number of esters is 2. The summed E-state index contributed by atoms with van der Waals surface area (Å²) >= 11 is 0. The third kappa shape index (κ3) is 2.30. The second-order valence-corrected chi connectivity index (χ2v) is 5.61. The zero-order chi connectivity index (χ0) is 15.9. The SMILES string of the molecule is Nc1ccc(F)c(F)c1C1C(=O)OC2(CCCCC2)OC1=O. The van der Waals surface area contributed by atoms with Crippen LogP contribution in [0.2, 0.25) is 0 Å². The Labute approximate surface area is 125 Å². The smallest absolute Gasteiger partial charge is 0.328 e. The first-order chi connectivity index (χ1) is 10.4. The molecular formula is C15H15F2NO4.